The van der Waals surface area contributed by atoms with Gasteiger partial charge < -0.3 is 20.8 Å². The van der Waals surface area contributed by atoms with Crippen molar-refractivity contribution < 1.29 is 15.0 Å². The van der Waals surface area contributed by atoms with Crippen LogP contribution >= 0.6 is 0 Å². The van der Waals surface area contributed by atoms with Crippen LogP contribution in [0.3, 0.4) is 0 Å². The van der Waals surface area contributed by atoms with Crippen LogP contribution in [0.2, 0.25) is 0 Å². The van der Waals surface area contributed by atoms with Crippen molar-refractivity contribution >= 4 is 5.91 Å². The number of amides is 1. The van der Waals surface area contributed by atoms with E-state index in [1.807, 2.05) is 6.92 Å². The molecule has 1 aliphatic heterocycles. The van der Waals surface area contributed by atoms with Gasteiger partial charge in [-0.2, -0.15) is 0 Å². The maximum absolute atomic E-state index is 11.5. The number of carbonyl (C=O) groups is 1. The maximum atomic E-state index is 11.5. The highest BCUT2D eigenvalue weighted by molar-refractivity contribution is 5.76. The van der Waals surface area contributed by atoms with Gasteiger partial charge in [-0.25, -0.2) is 0 Å². The molecule has 5 heteroatoms. The Labute approximate surface area is 83.5 Å². The Bertz CT molecular complexity index is 198. The van der Waals surface area contributed by atoms with Gasteiger partial charge in [0.15, 0.2) is 0 Å². The quantitative estimate of drug-likeness (QED) is 0.529. The van der Waals surface area contributed by atoms with Gasteiger partial charge in [0, 0.05) is 25.6 Å². The molecule has 0 aliphatic carbocycles. The van der Waals surface area contributed by atoms with Gasteiger partial charge in [-0.15, -0.1) is 0 Å². The smallest absolute Gasteiger partial charge is 0.222 e. The molecule has 3 atom stereocenters. The second-order valence-corrected chi connectivity index (χ2v) is 3.95. The Hall–Kier alpha value is -0.650. The van der Waals surface area contributed by atoms with E-state index in [9.17, 15) is 15.0 Å². The van der Waals surface area contributed by atoms with E-state index in [1.54, 1.807) is 0 Å². The van der Waals surface area contributed by atoms with E-state index in [-0.39, 0.29) is 25.0 Å². The fourth-order valence-corrected chi connectivity index (χ4v) is 1.48. The number of β-amino-alcohol motifs (C(OH)–C–C–N with tert-alkyl or cyclic N) is 2. The molecule has 1 heterocycles. The van der Waals surface area contributed by atoms with Crippen molar-refractivity contribution in [2.75, 3.05) is 13.1 Å². The molecule has 0 radical (unpaired) electrons. The number of hydrogen-bond acceptors (Lipinski definition) is 4. The third-order valence-electron chi connectivity index (χ3n) is 2.43. The van der Waals surface area contributed by atoms with Crippen molar-refractivity contribution in [2.24, 2.45) is 5.73 Å². The van der Waals surface area contributed by atoms with Crippen LogP contribution in [-0.2, 0) is 4.79 Å². The maximum Gasteiger partial charge on any atom is 0.222 e. The first-order valence-corrected chi connectivity index (χ1v) is 4.90. The zero-order valence-electron chi connectivity index (χ0n) is 8.39. The Kier molecular flexibility index (Phi) is 3.86. The number of nitrogens with zero attached hydrogens (tertiary/aromatic N) is 1. The summed E-state index contributed by atoms with van der Waals surface area (Å²) in [6, 6.07) is 0.0106. The molecule has 0 bridgehead atoms. The van der Waals surface area contributed by atoms with Crippen LogP contribution in [0.5, 0.6) is 0 Å². The van der Waals surface area contributed by atoms with Gasteiger partial charge in [0.1, 0.15) is 0 Å². The fourth-order valence-electron chi connectivity index (χ4n) is 1.48. The average Bonchev–Trinajstić information content (AvgIpc) is 2.43. The number of rotatable bonds is 3. The average molecular weight is 202 g/mol. The molecular formula is C9H18N2O3. The van der Waals surface area contributed by atoms with Crippen molar-refractivity contribution in [1.82, 2.24) is 4.90 Å². The second kappa shape index (κ2) is 4.72. The molecular weight excluding hydrogens is 184 g/mol. The van der Waals surface area contributed by atoms with E-state index >= 15 is 0 Å². The summed E-state index contributed by atoms with van der Waals surface area (Å²) in [6.45, 7) is 2.32. The molecule has 0 spiro atoms. The van der Waals surface area contributed by atoms with Gasteiger partial charge in [0.05, 0.1) is 12.2 Å². The van der Waals surface area contributed by atoms with Crippen LogP contribution in [0, 0.1) is 0 Å². The molecule has 1 rings (SSSR count). The molecule has 0 saturated carbocycles. The Morgan fingerprint density at radius 1 is 1.50 bits per heavy atom. The molecule has 1 saturated heterocycles. The molecule has 0 aromatic carbocycles. The summed E-state index contributed by atoms with van der Waals surface area (Å²) in [4.78, 5) is 13.0. The molecule has 0 aromatic rings. The highest BCUT2D eigenvalue weighted by Crippen LogP contribution is 2.12. The van der Waals surface area contributed by atoms with E-state index < -0.39 is 12.2 Å². The Morgan fingerprint density at radius 2 is 2.00 bits per heavy atom. The molecule has 82 valence electrons. The molecule has 1 aliphatic rings. The number of hydrogen-bond donors (Lipinski definition) is 3. The summed E-state index contributed by atoms with van der Waals surface area (Å²) in [6.07, 6.45) is -0.568. The van der Waals surface area contributed by atoms with Crippen LogP contribution in [-0.4, -0.2) is 52.4 Å². The summed E-state index contributed by atoms with van der Waals surface area (Å²) >= 11 is 0. The minimum Gasteiger partial charge on any atom is -0.388 e. The van der Waals surface area contributed by atoms with Crippen molar-refractivity contribution in [3.8, 4) is 0 Å². The van der Waals surface area contributed by atoms with E-state index in [4.69, 9.17) is 5.73 Å². The highest BCUT2D eigenvalue weighted by Gasteiger charge is 2.31. The number of likely N-dealkylation sites (tertiary alicyclic amines) is 1. The molecule has 1 unspecified atom stereocenters. The van der Waals surface area contributed by atoms with Crippen LogP contribution in [0.25, 0.3) is 0 Å². The molecule has 1 amide bonds. The first-order valence-electron chi connectivity index (χ1n) is 4.90. The van der Waals surface area contributed by atoms with Gasteiger partial charge in [0.2, 0.25) is 5.91 Å². The number of carbonyl (C=O) groups excluding carboxylic acids is 1. The zero-order valence-corrected chi connectivity index (χ0v) is 8.39. The summed E-state index contributed by atoms with van der Waals surface area (Å²) in [7, 11) is 0. The number of nitrogens with two attached hydrogens (primary N) is 1. The van der Waals surface area contributed by atoms with Crippen molar-refractivity contribution in [1.29, 1.82) is 0 Å². The van der Waals surface area contributed by atoms with Crippen LogP contribution in [0.4, 0.5) is 0 Å². The Morgan fingerprint density at radius 3 is 2.43 bits per heavy atom. The fraction of sp³-hybridized carbons (Fsp3) is 0.889. The standard InChI is InChI=1S/C9H18N2O3/c1-6(10)2-3-9(14)11-4-7(12)8(13)5-11/h6-8,12-13H,2-5,10H2,1H3/t6?,7-,8+. The SMILES string of the molecule is CC(N)CCC(=O)N1C[C@@H](O)[C@@H](O)C1. The van der Waals surface area contributed by atoms with E-state index in [2.05, 4.69) is 0 Å². The predicted molar refractivity (Wildman–Crippen MR) is 51.5 cm³/mol. The number of aliphatic hydroxyl groups excluding tert-OH is 2. The molecule has 4 N–H and O–H groups in total. The first-order chi connectivity index (χ1) is 6.50. The monoisotopic (exact) mass is 202 g/mol. The predicted octanol–water partition coefficient (Wildman–Crippen LogP) is -1.32. The van der Waals surface area contributed by atoms with E-state index in [1.165, 1.54) is 4.90 Å². The summed E-state index contributed by atoms with van der Waals surface area (Å²) in [5, 5.41) is 18.5. The van der Waals surface area contributed by atoms with Crippen molar-refractivity contribution in [2.45, 2.75) is 38.0 Å². The molecule has 14 heavy (non-hydrogen) atoms. The largest absolute Gasteiger partial charge is 0.388 e. The molecule has 5 nitrogen and oxygen atoms in total. The van der Waals surface area contributed by atoms with Crippen molar-refractivity contribution in [3.05, 3.63) is 0 Å². The minimum atomic E-state index is -0.797. The highest BCUT2D eigenvalue weighted by atomic mass is 16.3. The minimum absolute atomic E-state index is 0.0106. The topological polar surface area (TPSA) is 86.8 Å². The summed E-state index contributed by atoms with van der Waals surface area (Å²) < 4.78 is 0. The lowest BCUT2D eigenvalue weighted by molar-refractivity contribution is -0.130. The summed E-state index contributed by atoms with van der Waals surface area (Å²) in [5.41, 5.74) is 5.52. The summed E-state index contributed by atoms with van der Waals surface area (Å²) in [5.74, 6) is -0.0436. The second-order valence-electron chi connectivity index (χ2n) is 3.95. The Balaban J connectivity index is 2.32. The zero-order chi connectivity index (χ0) is 10.7. The molecule has 0 aromatic heterocycles. The lowest BCUT2D eigenvalue weighted by atomic mass is 10.2. The van der Waals surface area contributed by atoms with Crippen LogP contribution in [0.1, 0.15) is 19.8 Å². The van der Waals surface area contributed by atoms with Crippen molar-refractivity contribution in [3.63, 3.8) is 0 Å². The van der Waals surface area contributed by atoms with E-state index in [0.29, 0.717) is 12.8 Å². The van der Waals surface area contributed by atoms with Crippen LogP contribution < -0.4 is 5.73 Å². The van der Waals surface area contributed by atoms with Gasteiger partial charge in [-0.3, -0.25) is 4.79 Å². The lowest BCUT2D eigenvalue weighted by Crippen LogP contribution is -2.31. The van der Waals surface area contributed by atoms with Gasteiger partial charge in [-0.05, 0) is 13.3 Å². The van der Waals surface area contributed by atoms with E-state index in [0.717, 1.165) is 0 Å². The van der Waals surface area contributed by atoms with Gasteiger partial charge >= 0.3 is 0 Å². The normalized spacial score (nSPS) is 29.3. The molecule has 1 fully saturated rings. The third-order valence-corrected chi connectivity index (χ3v) is 2.43. The number of aliphatic hydroxyl groups is 2. The van der Waals surface area contributed by atoms with Crippen LogP contribution in [0.15, 0.2) is 0 Å². The first kappa shape index (κ1) is 11.4. The van der Waals surface area contributed by atoms with Gasteiger partial charge in [0.25, 0.3) is 0 Å². The van der Waals surface area contributed by atoms with Gasteiger partial charge in [-0.1, -0.05) is 0 Å². The third kappa shape index (κ3) is 2.94. The lowest BCUT2D eigenvalue weighted by Gasteiger charge is -2.15.